The van der Waals surface area contributed by atoms with Gasteiger partial charge in [0, 0.05) is 13.2 Å². The number of ether oxygens (including phenoxy) is 2. The summed E-state index contributed by atoms with van der Waals surface area (Å²) in [5.74, 6) is 1.55. The van der Waals surface area contributed by atoms with E-state index in [1.54, 1.807) is 6.07 Å². The van der Waals surface area contributed by atoms with Crippen molar-refractivity contribution in [3.05, 3.63) is 65.2 Å². The fraction of sp³-hybridized carbons (Fsp3) is 0.409. The van der Waals surface area contributed by atoms with Crippen molar-refractivity contribution in [2.75, 3.05) is 13.2 Å². The fourth-order valence-electron chi connectivity index (χ4n) is 3.34. The molecule has 1 heterocycles. The van der Waals surface area contributed by atoms with Crippen LogP contribution in [0.15, 0.2) is 48.5 Å². The molecule has 0 spiro atoms. The van der Waals surface area contributed by atoms with E-state index in [0.717, 1.165) is 43.9 Å². The van der Waals surface area contributed by atoms with E-state index in [1.807, 2.05) is 30.3 Å². The summed E-state index contributed by atoms with van der Waals surface area (Å²) in [5, 5.41) is 12.5. The number of nitrogens with zero attached hydrogens (tertiary/aromatic N) is 1. The number of hydrogen-bond donors (Lipinski definition) is 1. The van der Waals surface area contributed by atoms with Crippen molar-refractivity contribution in [2.24, 2.45) is 5.92 Å². The van der Waals surface area contributed by atoms with Crippen molar-refractivity contribution in [2.45, 2.75) is 39.0 Å². The summed E-state index contributed by atoms with van der Waals surface area (Å²) in [6, 6.07) is 17.9. The molecule has 0 bridgehead atoms. The van der Waals surface area contributed by atoms with E-state index in [2.05, 4.69) is 30.4 Å². The van der Waals surface area contributed by atoms with E-state index < -0.39 is 0 Å². The van der Waals surface area contributed by atoms with Crippen LogP contribution >= 0.6 is 0 Å². The molecule has 1 N–H and O–H groups in total. The van der Waals surface area contributed by atoms with Crippen LogP contribution in [0, 0.1) is 17.2 Å². The van der Waals surface area contributed by atoms with Crippen LogP contribution in [0.5, 0.6) is 5.75 Å². The third-order valence-electron chi connectivity index (χ3n) is 4.72. The normalized spacial score (nSPS) is 19.7. The lowest BCUT2D eigenvalue weighted by molar-refractivity contribution is 0.00289. The van der Waals surface area contributed by atoms with Crippen LogP contribution in [-0.2, 0) is 17.9 Å². The Bertz CT molecular complexity index is 754. The Balaban J connectivity index is 1.47. The van der Waals surface area contributed by atoms with Gasteiger partial charge in [-0.15, -0.1) is 0 Å². The molecule has 3 rings (SSSR count). The van der Waals surface area contributed by atoms with Gasteiger partial charge in [-0.25, -0.2) is 0 Å². The van der Waals surface area contributed by atoms with Crippen molar-refractivity contribution in [3.63, 3.8) is 0 Å². The number of nitrogens with one attached hydrogen (secondary N) is 1. The fourth-order valence-corrected chi connectivity index (χ4v) is 3.34. The standard InChI is InChI=1S/C22H26N2O2/c1-17-10-20(8-9-25-17)15-24-14-19-5-3-7-22(12-19)26-16-21-6-2-4-18(11-21)13-23/h2-7,11-12,17,20,24H,8-10,14-16H2,1H3/t17-,20-/m0/s1. The van der Waals surface area contributed by atoms with Crippen molar-refractivity contribution in [1.29, 1.82) is 5.26 Å². The van der Waals surface area contributed by atoms with Gasteiger partial charge < -0.3 is 14.8 Å². The first-order chi connectivity index (χ1) is 12.7. The van der Waals surface area contributed by atoms with Crippen molar-refractivity contribution >= 4 is 0 Å². The second kappa shape index (κ2) is 9.38. The Kier molecular flexibility index (Phi) is 6.65. The Hall–Kier alpha value is -2.35. The molecule has 4 nitrogen and oxygen atoms in total. The molecule has 0 amide bonds. The molecule has 2 aromatic rings. The summed E-state index contributed by atoms with van der Waals surface area (Å²) in [6.45, 7) is 5.36. The maximum absolute atomic E-state index is 8.97. The van der Waals surface area contributed by atoms with Gasteiger partial charge >= 0.3 is 0 Å². The highest BCUT2D eigenvalue weighted by molar-refractivity contribution is 5.33. The van der Waals surface area contributed by atoms with Gasteiger partial charge in [0.05, 0.1) is 17.7 Å². The zero-order valence-electron chi connectivity index (χ0n) is 15.3. The first-order valence-corrected chi connectivity index (χ1v) is 9.26. The van der Waals surface area contributed by atoms with Gasteiger partial charge in [0.2, 0.25) is 0 Å². The van der Waals surface area contributed by atoms with E-state index in [-0.39, 0.29) is 0 Å². The molecule has 1 aliphatic rings. The molecular formula is C22H26N2O2. The third kappa shape index (κ3) is 5.59. The zero-order chi connectivity index (χ0) is 18.2. The highest BCUT2D eigenvalue weighted by Gasteiger charge is 2.18. The van der Waals surface area contributed by atoms with Gasteiger partial charge in [-0.3, -0.25) is 0 Å². The lowest BCUT2D eigenvalue weighted by Crippen LogP contribution is -2.30. The molecule has 0 unspecified atom stereocenters. The topological polar surface area (TPSA) is 54.3 Å². The monoisotopic (exact) mass is 350 g/mol. The number of benzene rings is 2. The van der Waals surface area contributed by atoms with Crippen LogP contribution in [0.4, 0.5) is 0 Å². The Morgan fingerprint density at radius 3 is 2.88 bits per heavy atom. The summed E-state index contributed by atoms with van der Waals surface area (Å²) in [7, 11) is 0. The molecule has 4 heteroatoms. The molecule has 0 aromatic heterocycles. The van der Waals surface area contributed by atoms with Crippen LogP contribution < -0.4 is 10.1 Å². The van der Waals surface area contributed by atoms with E-state index in [1.165, 1.54) is 5.56 Å². The zero-order valence-corrected chi connectivity index (χ0v) is 15.3. The third-order valence-corrected chi connectivity index (χ3v) is 4.72. The number of nitriles is 1. The summed E-state index contributed by atoms with van der Waals surface area (Å²) >= 11 is 0. The second-order valence-corrected chi connectivity index (χ2v) is 6.95. The Labute approximate surface area is 155 Å². The molecule has 1 aliphatic heterocycles. The maximum Gasteiger partial charge on any atom is 0.120 e. The molecule has 2 aromatic carbocycles. The van der Waals surface area contributed by atoms with Crippen molar-refractivity contribution in [1.82, 2.24) is 5.32 Å². The minimum atomic E-state index is 0.381. The van der Waals surface area contributed by atoms with Crippen LogP contribution in [0.3, 0.4) is 0 Å². The van der Waals surface area contributed by atoms with Gasteiger partial charge in [-0.05, 0) is 67.6 Å². The summed E-state index contributed by atoms with van der Waals surface area (Å²) in [4.78, 5) is 0. The molecule has 1 saturated heterocycles. The lowest BCUT2D eigenvalue weighted by atomic mass is 9.96. The molecule has 0 radical (unpaired) electrons. The predicted octanol–water partition coefficient (Wildman–Crippen LogP) is 4.04. The van der Waals surface area contributed by atoms with Gasteiger partial charge in [0.1, 0.15) is 12.4 Å². The van der Waals surface area contributed by atoms with E-state index >= 15 is 0 Å². The first-order valence-electron chi connectivity index (χ1n) is 9.26. The summed E-state index contributed by atoms with van der Waals surface area (Å²) in [5.41, 5.74) is 2.88. The average Bonchev–Trinajstić information content (AvgIpc) is 2.67. The number of rotatable bonds is 7. The minimum absolute atomic E-state index is 0.381. The van der Waals surface area contributed by atoms with Crippen LogP contribution in [0.2, 0.25) is 0 Å². The molecule has 26 heavy (non-hydrogen) atoms. The largest absolute Gasteiger partial charge is 0.489 e. The number of hydrogen-bond acceptors (Lipinski definition) is 4. The predicted molar refractivity (Wildman–Crippen MR) is 102 cm³/mol. The Morgan fingerprint density at radius 2 is 2.04 bits per heavy atom. The van der Waals surface area contributed by atoms with E-state index in [0.29, 0.717) is 24.2 Å². The van der Waals surface area contributed by atoms with Crippen molar-refractivity contribution < 1.29 is 9.47 Å². The van der Waals surface area contributed by atoms with Crippen LogP contribution in [0.25, 0.3) is 0 Å². The van der Waals surface area contributed by atoms with E-state index in [9.17, 15) is 0 Å². The van der Waals surface area contributed by atoms with Crippen molar-refractivity contribution in [3.8, 4) is 11.8 Å². The molecule has 1 fully saturated rings. The molecule has 0 saturated carbocycles. The highest BCUT2D eigenvalue weighted by Crippen LogP contribution is 2.20. The SMILES string of the molecule is C[C@H]1C[C@@H](CNCc2cccc(OCc3cccc(C#N)c3)c2)CCO1. The smallest absolute Gasteiger partial charge is 0.120 e. The molecule has 136 valence electrons. The van der Waals surface area contributed by atoms with Crippen LogP contribution in [-0.4, -0.2) is 19.3 Å². The van der Waals surface area contributed by atoms with Gasteiger partial charge in [-0.2, -0.15) is 5.26 Å². The van der Waals surface area contributed by atoms with Gasteiger partial charge in [0.25, 0.3) is 0 Å². The molecular weight excluding hydrogens is 324 g/mol. The molecule has 2 atom stereocenters. The van der Waals surface area contributed by atoms with E-state index in [4.69, 9.17) is 14.7 Å². The lowest BCUT2D eigenvalue weighted by Gasteiger charge is -2.27. The van der Waals surface area contributed by atoms with Gasteiger partial charge in [-0.1, -0.05) is 24.3 Å². The Morgan fingerprint density at radius 1 is 1.19 bits per heavy atom. The van der Waals surface area contributed by atoms with Gasteiger partial charge in [0.15, 0.2) is 0 Å². The summed E-state index contributed by atoms with van der Waals surface area (Å²) < 4.78 is 11.5. The molecule has 0 aliphatic carbocycles. The van der Waals surface area contributed by atoms with Crippen LogP contribution in [0.1, 0.15) is 36.5 Å². The maximum atomic E-state index is 8.97. The highest BCUT2D eigenvalue weighted by atomic mass is 16.5. The quantitative estimate of drug-likeness (QED) is 0.819. The average molecular weight is 350 g/mol. The second-order valence-electron chi connectivity index (χ2n) is 6.95. The summed E-state index contributed by atoms with van der Waals surface area (Å²) in [6.07, 6.45) is 2.66. The first kappa shape index (κ1) is 18.4. The minimum Gasteiger partial charge on any atom is -0.489 e.